The molecule has 186 valence electrons. The summed E-state index contributed by atoms with van der Waals surface area (Å²) < 4.78 is 31.1. The fraction of sp³-hybridized carbons (Fsp3) is 0.500. The van der Waals surface area contributed by atoms with Gasteiger partial charge in [0.05, 0.1) is 26.0 Å². The minimum absolute atomic E-state index is 0.0152. The van der Waals surface area contributed by atoms with Crippen LogP contribution in [-0.2, 0) is 4.74 Å². The lowest BCUT2D eigenvalue weighted by Gasteiger charge is -2.43. The molecule has 0 unspecified atom stereocenters. The maximum atomic E-state index is 14.4. The van der Waals surface area contributed by atoms with E-state index in [0.29, 0.717) is 11.8 Å². The van der Waals surface area contributed by atoms with Crippen LogP contribution < -0.4 is 24.6 Å². The monoisotopic (exact) mass is 481 g/mol. The predicted molar refractivity (Wildman–Crippen MR) is 133 cm³/mol. The van der Waals surface area contributed by atoms with E-state index in [9.17, 15) is 4.39 Å². The molecule has 1 N–H and O–H groups in total. The molecule has 0 bridgehead atoms. The van der Waals surface area contributed by atoms with Gasteiger partial charge in [0.2, 0.25) is 0 Å². The van der Waals surface area contributed by atoms with Gasteiger partial charge in [0.15, 0.2) is 17.4 Å². The molecule has 0 spiro atoms. The smallest absolute Gasteiger partial charge is 0.168 e. The zero-order chi connectivity index (χ0) is 23.8. The Morgan fingerprint density at radius 1 is 1.03 bits per heavy atom. The van der Waals surface area contributed by atoms with Crippen LogP contribution in [0.4, 0.5) is 21.6 Å². The van der Waals surface area contributed by atoms with Crippen molar-refractivity contribution < 1.29 is 18.6 Å². The number of rotatable bonds is 6. The van der Waals surface area contributed by atoms with E-state index in [1.54, 1.807) is 12.1 Å². The topological polar surface area (TPSA) is 62.3 Å². The van der Waals surface area contributed by atoms with Crippen molar-refractivity contribution in [1.29, 1.82) is 0 Å². The summed E-state index contributed by atoms with van der Waals surface area (Å²) in [6.45, 7) is 4.86. The molecule has 2 saturated heterocycles. The van der Waals surface area contributed by atoms with Crippen LogP contribution in [-0.4, -0.2) is 68.5 Å². The Morgan fingerprint density at radius 3 is 2.54 bits per heavy atom. The molecule has 1 aromatic carbocycles. The summed E-state index contributed by atoms with van der Waals surface area (Å²) in [5.41, 5.74) is 2.28. The third-order valence-electron chi connectivity index (χ3n) is 7.17. The van der Waals surface area contributed by atoms with Crippen molar-refractivity contribution in [1.82, 2.24) is 9.88 Å². The van der Waals surface area contributed by atoms with E-state index >= 15 is 0 Å². The molecule has 0 radical (unpaired) electrons. The molecule has 4 heterocycles. The van der Waals surface area contributed by atoms with Gasteiger partial charge in [-0.05, 0) is 31.0 Å². The van der Waals surface area contributed by atoms with Crippen LogP contribution in [0.15, 0.2) is 42.5 Å². The van der Waals surface area contributed by atoms with Crippen LogP contribution in [0.5, 0.6) is 11.5 Å². The minimum Gasteiger partial charge on any atom is -0.497 e. The summed E-state index contributed by atoms with van der Waals surface area (Å²) >= 11 is 0. The molecule has 2 aromatic rings. The van der Waals surface area contributed by atoms with Crippen LogP contribution in [0.25, 0.3) is 0 Å². The maximum Gasteiger partial charge on any atom is 0.168 e. The Morgan fingerprint density at radius 2 is 1.83 bits per heavy atom. The molecule has 1 aromatic heterocycles. The van der Waals surface area contributed by atoms with Crippen LogP contribution in [0.3, 0.4) is 0 Å². The third-order valence-corrected chi connectivity index (χ3v) is 7.17. The normalized spacial score (nSPS) is 20.7. The number of piperidine rings is 1. The molecular weight excluding hydrogens is 449 g/mol. The summed E-state index contributed by atoms with van der Waals surface area (Å²) in [5, 5.41) is 3.54. The van der Waals surface area contributed by atoms with Crippen molar-refractivity contribution in [3.8, 4) is 11.5 Å². The quantitative estimate of drug-likeness (QED) is 0.669. The number of anilines is 3. The molecule has 1 aliphatic carbocycles. The molecule has 1 saturated carbocycles. The minimum atomic E-state index is -0.384. The molecule has 35 heavy (non-hydrogen) atoms. The number of halogens is 1. The maximum absolute atomic E-state index is 14.4. The van der Waals surface area contributed by atoms with Crippen molar-refractivity contribution in [3.05, 3.63) is 48.3 Å². The van der Waals surface area contributed by atoms with E-state index in [2.05, 4.69) is 32.3 Å². The van der Waals surface area contributed by atoms with Gasteiger partial charge >= 0.3 is 0 Å². The third kappa shape index (κ3) is 4.45. The van der Waals surface area contributed by atoms with Gasteiger partial charge in [0, 0.05) is 63.5 Å². The van der Waals surface area contributed by atoms with E-state index in [1.807, 2.05) is 6.20 Å². The van der Waals surface area contributed by atoms with Crippen molar-refractivity contribution in [2.24, 2.45) is 0 Å². The highest BCUT2D eigenvalue weighted by molar-refractivity contribution is 5.86. The fourth-order valence-electron chi connectivity index (χ4n) is 5.16. The summed E-state index contributed by atoms with van der Waals surface area (Å²) in [6.07, 6.45) is 8.04. The number of morpholine rings is 1. The number of methoxy groups -OCH3 is 1. The van der Waals surface area contributed by atoms with Crippen LogP contribution in [0, 0.1) is 5.82 Å². The first-order valence-electron chi connectivity index (χ1n) is 12.5. The largest absolute Gasteiger partial charge is 0.497 e. The standard InChI is InChI=1S/C26H32FN5O3/c1-33-20-4-5-23(21(27)16-20)35-19-7-10-30(11-8-19)24-17-29-22-6-9-28-26(31-12-14-34-15-13-31)25(22)32(24)18-2-3-18/h4-6,9,16-19,29H,2-3,7-8,10-15H2,1H3. The number of aromatic nitrogens is 1. The molecule has 0 atom stereocenters. The molecule has 3 fully saturated rings. The number of fused-ring (bicyclic) bond motifs is 1. The molecule has 6 rings (SSSR count). The highest BCUT2D eigenvalue weighted by atomic mass is 19.1. The van der Waals surface area contributed by atoms with Gasteiger partial charge in [-0.1, -0.05) is 0 Å². The molecular formula is C26H32FN5O3. The second-order valence-corrected chi connectivity index (χ2v) is 9.48. The average molecular weight is 482 g/mol. The van der Waals surface area contributed by atoms with Crippen molar-refractivity contribution in [2.45, 2.75) is 37.8 Å². The zero-order valence-electron chi connectivity index (χ0n) is 20.1. The van der Waals surface area contributed by atoms with Crippen LogP contribution >= 0.6 is 0 Å². The van der Waals surface area contributed by atoms with Gasteiger partial charge in [-0.2, -0.15) is 0 Å². The molecule has 0 amide bonds. The van der Waals surface area contributed by atoms with Gasteiger partial charge in [0.25, 0.3) is 0 Å². The van der Waals surface area contributed by atoms with E-state index in [1.165, 1.54) is 37.5 Å². The van der Waals surface area contributed by atoms with Gasteiger partial charge in [0.1, 0.15) is 23.4 Å². The van der Waals surface area contributed by atoms with Crippen LogP contribution in [0.2, 0.25) is 0 Å². The first kappa shape index (κ1) is 22.3. The Bertz CT molecular complexity index is 1090. The van der Waals surface area contributed by atoms with Crippen molar-refractivity contribution in [3.63, 3.8) is 0 Å². The first-order valence-corrected chi connectivity index (χ1v) is 12.5. The van der Waals surface area contributed by atoms with E-state index < -0.39 is 0 Å². The molecule has 9 heteroatoms. The van der Waals surface area contributed by atoms with Crippen molar-refractivity contribution in [2.75, 3.05) is 61.6 Å². The number of likely N-dealkylation sites (tertiary alicyclic amines) is 1. The van der Waals surface area contributed by atoms with Gasteiger partial charge < -0.3 is 34.2 Å². The molecule has 3 aliphatic heterocycles. The number of nitrogens with one attached hydrogen (secondary N) is 1. The molecule has 8 nitrogen and oxygen atoms in total. The first-order chi connectivity index (χ1) is 17.2. The Hall–Kier alpha value is -3.20. The summed E-state index contributed by atoms with van der Waals surface area (Å²) in [6, 6.07) is 7.31. The van der Waals surface area contributed by atoms with E-state index in [4.69, 9.17) is 19.2 Å². The number of ether oxygens (including phenoxy) is 3. The lowest BCUT2D eigenvalue weighted by atomic mass is 10.1. The lowest BCUT2D eigenvalue weighted by Crippen LogP contribution is -2.46. The SMILES string of the molecule is COc1ccc(OC2CCN(C3=CNc4ccnc(N5CCOCC5)c4N3C3CC3)CC2)c(F)c1. The Labute approximate surface area is 205 Å². The second-order valence-electron chi connectivity index (χ2n) is 9.48. The zero-order valence-corrected chi connectivity index (χ0v) is 20.1. The van der Waals surface area contributed by atoms with Gasteiger partial charge in [-0.15, -0.1) is 0 Å². The van der Waals surface area contributed by atoms with Crippen LogP contribution in [0.1, 0.15) is 25.7 Å². The number of benzene rings is 1. The van der Waals surface area contributed by atoms with Gasteiger partial charge in [-0.25, -0.2) is 9.37 Å². The lowest BCUT2D eigenvalue weighted by molar-refractivity contribution is 0.111. The number of hydrogen-bond donors (Lipinski definition) is 1. The van der Waals surface area contributed by atoms with Crippen molar-refractivity contribution >= 4 is 17.2 Å². The summed E-state index contributed by atoms with van der Waals surface area (Å²) in [7, 11) is 1.53. The summed E-state index contributed by atoms with van der Waals surface area (Å²) in [4.78, 5) is 12.1. The Kier molecular flexibility index (Phi) is 6.01. The number of nitrogens with zero attached hydrogens (tertiary/aromatic N) is 4. The van der Waals surface area contributed by atoms with E-state index in [0.717, 1.165) is 63.7 Å². The second kappa shape index (κ2) is 9.45. The molecule has 4 aliphatic rings. The van der Waals surface area contributed by atoms with E-state index in [-0.39, 0.29) is 17.7 Å². The average Bonchev–Trinajstić information content (AvgIpc) is 3.75. The summed E-state index contributed by atoms with van der Waals surface area (Å²) in [5.74, 6) is 2.62. The highest BCUT2D eigenvalue weighted by Crippen LogP contribution is 2.46. The highest BCUT2D eigenvalue weighted by Gasteiger charge is 2.40. The number of pyridine rings is 1. The Balaban J connectivity index is 1.18. The predicted octanol–water partition coefficient (Wildman–Crippen LogP) is 3.80. The number of hydrogen-bond acceptors (Lipinski definition) is 8. The van der Waals surface area contributed by atoms with Gasteiger partial charge in [-0.3, -0.25) is 0 Å². The fourth-order valence-corrected chi connectivity index (χ4v) is 5.16.